The Bertz CT molecular complexity index is 406. The van der Waals surface area contributed by atoms with Gasteiger partial charge in [-0.3, -0.25) is 0 Å². The van der Waals surface area contributed by atoms with Crippen molar-refractivity contribution in [3.8, 4) is 5.75 Å². The molecule has 3 nitrogen and oxygen atoms in total. The second kappa shape index (κ2) is 11.4. The maximum atomic E-state index is 5.97. The summed E-state index contributed by atoms with van der Waals surface area (Å²) in [5, 5.41) is 0. The topological polar surface area (TPSA) is 38.5 Å². The minimum atomic E-state index is 0.741. The molecule has 1 aromatic rings. The van der Waals surface area contributed by atoms with Gasteiger partial charge in [0.2, 0.25) is 0 Å². The zero-order valence-electron chi connectivity index (χ0n) is 14.7. The number of rotatable bonds is 12. The Morgan fingerprint density at radius 1 is 0.955 bits per heavy atom. The van der Waals surface area contributed by atoms with E-state index in [0.29, 0.717) is 0 Å². The average molecular weight is 306 g/mol. The van der Waals surface area contributed by atoms with E-state index in [0.717, 1.165) is 17.9 Å². The van der Waals surface area contributed by atoms with Crippen molar-refractivity contribution in [2.24, 2.45) is 0 Å². The van der Waals surface area contributed by atoms with Crippen LogP contribution in [0.15, 0.2) is 18.2 Å². The summed E-state index contributed by atoms with van der Waals surface area (Å²) < 4.78 is 5.21. The lowest BCUT2D eigenvalue weighted by Gasteiger charge is -2.22. The lowest BCUT2D eigenvalue weighted by Crippen LogP contribution is -2.27. The minimum Gasteiger partial charge on any atom is -0.495 e. The molecule has 2 N–H and O–H groups in total. The number of nitrogen functional groups attached to an aromatic ring is 1. The third-order valence-corrected chi connectivity index (χ3v) is 4.14. The summed E-state index contributed by atoms with van der Waals surface area (Å²) in [6, 6.07) is 6.15. The van der Waals surface area contributed by atoms with Crippen LogP contribution >= 0.6 is 0 Å². The number of ether oxygens (including phenoxy) is 1. The maximum absolute atomic E-state index is 5.97. The van der Waals surface area contributed by atoms with Crippen LogP contribution in [-0.2, 0) is 6.42 Å². The van der Waals surface area contributed by atoms with E-state index in [2.05, 4.69) is 24.8 Å². The van der Waals surface area contributed by atoms with Crippen molar-refractivity contribution >= 4 is 5.69 Å². The Morgan fingerprint density at radius 2 is 1.64 bits per heavy atom. The quantitative estimate of drug-likeness (QED) is 0.456. The van der Waals surface area contributed by atoms with Gasteiger partial charge < -0.3 is 15.4 Å². The molecular weight excluding hydrogens is 272 g/mol. The van der Waals surface area contributed by atoms with Crippen molar-refractivity contribution < 1.29 is 4.74 Å². The number of anilines is 1. The number of methoxy groups -OCH3 is 1. The minimum absolute atomic E-state index is 0.741. The van der Waals surface area contributed by atoms with E-state index in [1.54, 1.807) is 7.11 Å². The molecule has 22 heavy (non-hydrogen) atoms. The predicted molar refractivity (Wildman–Crippen MR) is 96.6 cm³/mol. The van der Waals surface area contributed by atoms with Crippen molar-refractivity contribution in [1.29, 1.82) is 0 Å². The Labute approximate surface area is 136 Å². The molecule has 0 aromatic heterocycles. The van der Waals surface area contributed by atoms with Crippen LogP contribution in [0.3, 0.4) is 0 Å². The van der Waals surface area contributed by atoms with E-state index < -0.39 is 0 Å². The molecule has 0 fully saturated rings. The molecule has 0 aliphatic carbocycles. The van der Waals surface area contributed by atoms with Gasteiger partial charge in [0.25, 0.3) is 0 Å². The molecule has 0 spiro atoms. The number of nitrogens with zero attached hydrogens (tertiary/aromatic N) is 1. The first kappa shape index (κ1) is 18.8. The standard InChI is InChI=1S/C19H34N2O/c1-4-6-8-14-21(13-7-5-2)15-9-10-17-11-12-19(22-3)18(20)16-17/h11-12,16H,4-10,13-15,20H2,1-3H3. The van der Waals surface area contributed by atoms with Gasteiger partial charge in [-0.2, -0.15) is 0 Å². The average Bonchev–Trinajstić information content (AvgIpc) is 2.52. The first-order chi connectivity index (χ1) is 10.7. The summed E-state index contributed by atoms with van der Waals surface area (Å²) in [6.45, 7) is 8.22. The first-order valence-electron chi connectivity index (χ1n) is 8.86. The van der Waals surface area contributed by atoms with E-state index in [-0.39, 0.29) is 0 Å². The van der Waals surface area contributed by atoms with Crippen LogP contribution in [0.5, 0.6) is 5.75 Å². The highest BCUT2D eigenvalue weighted by atomic mass is 16.5. The van der Waals surface area contributed by atoms with Crippen molar-refractivity contribution in [1.82, 2.24) is 4.90 Å². The number of aryl methyl sites for hydroxylation is 1. The number of nitrogens with two attached hydrogens (primary N) is 1. The van der Waals surface area contributed by atoms with Crippen molar-refractivity contribution in [3.05, 3.63) is 23.8 Å². The number of benzene rings is 1. The fourth-order valence-corrected chi connectivity index (χ4v) is 2.75. The molecule has 0 heterocycles. The SMILES string of the molecule is CCCCCN(CCCC)CCCc1ccc(OC)c(N)c1. The van der Waals surface area contributed by atoms with E-state index in [1.807, 2.05) is 12.1 Å². The lowest BCUT2D eigenvalue weighted by atomic mass is 10.1. The van der Waals surface area contributed by atoms with Crippen LogP contribution in [0.2, 0.25) is 0 Å². The summed E-state index contributed by atoms with van der Waals surface area (Å²) in [4.78, 5) is 2.63. The highest BCUT2D eigenvalue weighted by molar-refractivity contribution is 5.54. The van der Waals surface area contributed by atoms with Gasteiger partial charge in [-0.05, 0) is 63.0 Å². The van der Waals surface area contributed by atoms with Crippen LogP contribution in [0.1, 0.15) is 57.9 Å². The number of unbranched alkanes of at least 4 members (excludes halogenated alkanes) is 3. The molecule has 1 rings (SSSR count). The van der Waals surface area contributed by atoms with Gasteiger partial charge in [-0.25, -0.2) is 0 Å². The summed E-state index contributed by atoms with van der Waals surface area (Å²) in [6.07, 6.45) is 8.84. The van der Waals surface area contributed by atoms with Gasteiger partial charge in [-0.1, -0.05) is 39.2 Å². The second-order valence-electron chi connectivity index (χ2n) is 6.08. The highest BCUT2D eigenvalue weighted by Gasteiger charge is 2.05. The number of hydrogen-bond acceptors (Lipinski definition) is 3. The Balaban J connectivity index is 2.38. The molecule has 1 aromatic carbocycles. The lowest BCUT2D eigenvalue weighted by molar-refractivity contribution is 0.260. The van der Waals surface area contributed by atoms with Crippen LogP contribution in [-0.4, -0.2) is 31.6 Å². The number of hydrogen-bond donors (Lipinski definition) is 1. The summed E-state index contributed by atoms with van der Waals surface area (Å²) in [5.74, 6) is 0.771. The molecule has 0 bridgehead atoms. The molecule has 0 aliphatic rings. The molecule has 0 aliphatic heterocycles. The van der Waals surface area contributed by atoms with Gasteiger partial charge in [0, 0.05) is 0 Å². The van der Waals surface area contributed by atoms with Crippen LogP contribution in [0.25, 0.3) is 0 Å². The van der Waals surface area contributed by atoms with Gasteiger partial charge in [0.1, 0.15) is 5.75 Å². The molecule has 0 saturated heterocycles. The fourth-order valence-electron chi connectivity index (χ4n) is 2.75. The monoisotopic (exact) mass is 306 g/mol. The van der Waals surface area contributed by atoms with E-state index in [4.69, 9.17) is 10.5 Å². The maximum Gasteiger partial charge on any atom is 0.141 e. The third kappa shape index (κ3) is 7.17. The third-order valence-electron chi connectivity index (χ3n) is 4.14. The Kier molecular flexibility index (Phi) is 9.72. The van der Waals surface area contributed by atoms with Crippen molar-refractivity contribution in [2.45, 2.75) is 58.8 Å². The summed E-state index contributed by atoms with van der Waals surface area (Å²) in [7, 11) is 1.66. The fraction of sp³-hybridized carbons (Fsp3) is 0.684. The highest BCUT2D eigenvalue weighted by Crippen LogP contribution is 2.22. The van der Waals surface area contributed by atoms with E-state index in [1.165, 1.54) is 63.7 Å². The Hall–Kier alpha value is -1.22. The molecule has 0 amide bonds. The molecule has 0 saturated carbocycles. The predicted octanol–water partition coefficient (Wildman–Crippen LogP) is 4.50. The van der Waals surface area contributed by atoms with Crippen molar-refractivity contribution in [2.75, 3.05) is 32.5 Å². The van der Waals surface area contributed by atoms with Crippen LogP contribution in [0, 0.1) is 0 Å². The van der Waals surface area contributed by atoms with Gasteiger partial charge in [0.15, 0.2) is 0 Å². The van der Waals surface area contributed by atoms with E-state index in [9.17, 15) is 0 Å². The molecule has 0 radical (unpaired) electrons. The molecule has 3 heteroatoms. The smallest absolute Gasteiger partial charge is 0.141 e. The first-order valence-corrected chi connectivity index (χ1v) is 8.86. The van der Waals surface area contributed by atoms with E-state index >= 15 is 0 Å². The second-order valence-corrected chi connectivity index (χ2v) is 6.08. The van der Waals surface area contributed by atoms with Gasteiger partial charge in [-0.15, -0.1) is 0 Å². The summed E-state index contributed by atoms with van der Waals surface area (Å²) >= 11 is 0. The normalized spacial score (nSPS) is 11.1. The largest absolute Gasteiger partial charge is 0.495 e. The zero-order valence-corrected chi connectivity index (χ0v) is 14.7. The van der Waals surface area contributed by atoms with Crippen LogP contribution in [0.4, 0.5) is 5.69 Å². The van der Waals surface area contributed by atoms with Crippen LogP contribution < -0.4 is 10.5 Å². The van der Waals surface area contributed by atoms with Gasteiger partial charge >= 0.3 is 0 Å². The summed E-state index contributed by atoms with van der Waals surface area (Å²) in [5.41, 5.74) is 8.02. The Morgan fingerprint density at radius 3 is 2.27 bits per heavy atom. The van der Waals surface area contributed by atoms with Gasteiger partial charge in [0.05, 0.1) is 12.8 Å². The molecule has 0 atom stereocenters. The van der Waals surface area contributed by atoms with Crippen molar-refractivity contribution in [3.63, 3.8) is 0 Å². The zero-order chi connectivity index (χ0) is 16.2. The molecule has 0 unspecified atom stereocenters. The molecule has 126 valence electrons. The molecular formula is C19H34N2O.